The van der Waals surface area contributed by atoms with Crippen molar-refractivity contribution < 1.29 is 4.74 Å². The Morgan fingerprint density at radius 1 is 1.11 bits per heavy atom. The fraction of sp³-hybridized carbons (Fsp3) is 0.267. The summed E-state index contributed by atoms with van der Waals surface area (Å²) in [6.45, 7) is 2.57. The van der Waals surface area contributed by atoms with Crippen LogP contribution in [0.3, 0.4) is 0 Å². The highest BCUT2D eigenvalue weighted by atomic mass is 16.5. The molecule has 3 heteroatoms. The molecular formula is C15H18N2O. The lowest BCUT2D eigenvalue weighted by Crippen LogP contribution is -2.03. The number of benzene rings is 1. The number of nitrogens with two attached hydrogens (primary N) is 1. The zero-order valence-electron chi connectivity index (χ0n) is 10.6. The van der Waals surface area contributed by atoms with Gasteiger partial charge in [-0.3, -0.25) is 0 Å². The fourth-order valence-electron chi connectivity index (χ4n) is 1.79. The van der Waals surface area contributed by atoms with Crippen LogP contribution in [0.15, 0.2) is 42.5 Å². The Bertz CT molecular complexity index is 497. The number of hydrogen-bond donors (Lipinski definition) is 1. The van der Waals surface area contributed by atoms with E-state index in [-0.39, 0.29) is 0 Å². The van der Waals surface area contributed by atoms with Gasteiger partial charge in [-0.1, -0.05) is 30.3 Å². The largest absolute Gasteiger partial charge is 0.490 e. The van der Waals surface area contributed by atoms with E-state index in [2.05, 4.69) is 29.2 Å². The van der Waals surface area contributed by atoms with Crippen LogP contribution in [0.25, 0.3) is 0 Å². The smallest absolute Gasteiger partial charge is 0.166 e. The van der Waals surface area contributed by atoms with E-state index in [9.17, 15) is 0 Å². The minimum absolute atomic E-state index is 0.467. The molecule has 2 aromatic rings. The fourth-order valence-corrected chi connectivity index (χ4v) is 1.79. The lowest BCUT2D eigenvalue weighted by molar-refractivity contribution is 0.311. The van der Waals surface area contributed by atoms with Crippen molar-refractivity contribution >= 4 is 5.82 Å². The van der Waals surface area contributed by atoms with Gasteiger partial charge >= 0.3 is 0 Å². The molecule has 0 unspecified atom stereocenters. The van der Waals surface area contributed by atoms with Crippen LogP contribution in [0.4, 0.5) is 5.82 Å². The molecule has 1 aromatic carbocycles. The van der Waals surface area contributed by atoms with Gasteiger partial charge in [0.1, 0.15) is 0 Å². The zero-order chi connectivity index (χ0) is 12.8. The average molecular weight is 242 g/mol. The van der Waals surface area contributed by atoms with E-state index in [1.165, 1.54) is 5.56 Å². The molecule has 0 saturated heterocycles. The highest BCUT2D eigenvalue weighted by Crippen LogP contribution is 2.19. The molecular weight excluding hydrogens is 224 g/mol. The molecule has 1 heterocycles. The molecule has 0 bridgehead atoms. The Kier molecular flexibility index (Phi) is 4.18. The van der Waals surface area contributed by atoms with Gasteiger partial charge in [-0.25, -0.2) is 4.98 Å². The number of nitrogen functional groups attached to an aromatic ring is 1. The van der Waals surface area contributed by atoms with Crippen LogP contribution < -0.4 is 10.5 Å². The first-order chi connectivity index (χ1) is 8.75. The van der Waals surface area contributed by atoms with Crippen molar-refractivity contribution in [1.82, 2.24) is 4.98 Å². The lowest BCUT2D eigenvalue weighted by Gasteiger charge is -2.08. The molecule has 0 aliphatic rings. The summed E-state index contributed by atoms with van der Waals surface area (Å²) in [6.07, 6.45) is 1.98. The summed E-state index contributed by atoms with van der Waals surface area (Å²) in [6, 6.07) is 14.2. The molecule has 0 aliphatic heterocycles. The van der Waals surface area contributed by atoms with Crippen molar-refractivity contribution in [2.24, 2.45) is 0 Å². The first-order valence-electron chi connectivity index (χ1n) is 6.15. The van der Waals surface area contributed by atoms with Gasteiger partial charge in [-0.05, 0) is 37.5 Å². The Morgan fingerprint density at radius 3 is 2.61 bits per heavy atom. The van der Waals surface area contributed by atoms with E-state index >= 15 is 0 Å². The summed E-state index contributed by atoms with van der Waals surface area (Å²) in [4.78, 5) is 4.16. The maximum Gasteiger partial charge on any atom is 0.166 e. The molecule has 18 heavy (non-hydrogen) atoms. The van der Waals surface area contributed by atoms with Gasteiger partial charge in [0.25, 0.3) is 0 Å². The van der Waals surface area contributed by atoms with Crippen molar-refractivity contribution in [3.8, 4) is 5.75 Å². The SMILES string of the molecule is Cc1ccc(OCCCc2ccccc2)c(N)n1. The summed E-state index contributed by atoms with van der Waals surface area (Å²) in [5, 5.41) is 0. The van der Waals surface area contributed by atoms with Gasteiger partial charge < -0.3 is 10.5 Å². The average Bonchev–Trinajstić information content (AvgIpc) is 2.38. The molecule has 0 amide bonds. The van der Waals surface area contributed by atoms with Gasteiger partial charge in [0.2, 0.25) is 0 Å². The van der Waals surface area contributed by atoms with E-state index in [4.69, 9.17) is 10.5 Å². The third kappa shape index (κ3) is 3.48. The van der Waals surface area contributed by atoms with Crippen molar-refractivity contribution in [1.29, 1.82) is 0 Å². The van der Waals surface area contributed by atoms with Crippen LogP contribution in [0, 0.1) is 6.92 Å². The van der Waals surface area contributed by atoms with Crippen molar-refractivity contribution in [3.63, 3.8) is 0 Å². The van der Waals surface area contributed by atoms with Crippen LogP contribution in [-0.4, -0.2) is 11.6 Å². The summed E-state index contributed by atoms with van der Waals surface area (Å²) < 4.78 is 5.63. The molecule has 0 spiro atoms. The predicted molar refractivity (Wildman–Crippen MR) is 73.6 cm³/mol. The first kappa shape index (κ1) is 12.4. The molecule has 3 nitrogen and oxygen atoms in total. The van der Waals surface area contributed by atoms with E-state index in [1.54, 1.807) is 0 Å². The number of ether oxygens (including phenoxy) is 1. The van der Waals surface area contributed by atoms with E-state index < -0.39 is 0 Å². The summed E-state index contributed by atoms with van der Waals surface area (Å²) >= 11 is 0. The maximum atomic E-state index is 5.78. The standard InChI is InChI=1S/C15H18N2O/c1-12-9-10-14(15(16)17-12)18-11-5-8-13-6-3-2-4-7-13/h2-4,6-7,9-10H,5,8,11H2,1H3,(H2,16,17). The molecule has 0 saturated carbocycles. The maximum absolute atomic E-state index is 5.78. The van der Waals surface area contributed by atoms with E-state index in [1.807, 2.05) is 25.1 Å². The Hall–Kier alpha value is -2.03. The summed E-state index contributed by atoms with van der Waals surface area (Å²) in [5.74, 6) is 1.14. The Balaban J connectivity index is 1.79. The van der Waals surface area contributed by atoms with Crippen LogP contribution in [0.2, 0.25) is 0 Å². The first-order valence-corrected chi connectivity index (χ1v) is 6.15. The number of hydrogen-bond acceptors (Lipinski definition) is 3. The van der Waals surface area contributed by atoms with E-state index in [0.717, 1.165) is 18.5 Å². The third-order valence-corrected chi connectivity index (χ3v) is 2.74. The minimum atomic E-state index is 0.467. The number of rotatable bonds is 5. The van der Waals surface area contributed by atoms with Crippen LogP contribution in [-0.2, 0) is 6.42 Å². The monoisotopic (exact) mass is 242 g/mol. The van der Waals surface area contributed by atoms with Crippen LogP contribution in [0.5, 0.6) is 5.75 Å². The van der Waals surface area contributed by atoms with Crippen LogP contribution in [0.1, 0.15) is 17.7 Å². The number of anilines is 1. The third-order valence-electron chi connectivity index (χ3n) is 2.74. The van der Waals surface area contributed by atoms with Gasteiger partial charge in [0.05, 0.1) is 6.61 Å². The molecule has 0 radical (unpaired) electrons. The second-order valence-corrected chi connectivity index (χ2v) is 4.27. The minimum Gasteiger partial charge on any atom is -0.490 e. The molecule has 0 fully saturated rings. The second kappa shape index (κ2) is 6.05. The van der Waals surface area contributed by atoms with Crippen molar-refractivity contribution in [2.45, 2.75) is 19.8 Å². The van der Waals surface area contributed by atoms with Crippen molar-refractivity contribution in [2.75, 3.05) is 12.3 Å². The quantitative estimate of drug-likeness (QED) is 0.820. The number of aromatic nitrogens is 1. The van der Waals surface area contributed by atoms with Gasteiger partial charge in [0.15, 0.2) is 11.6 Å². The second-order valence-electron chi connectivity index (χ2n) is 4.27. The normalized spacial score (nSPS) is 10.3. The highest BCUT2D eigenvalue weighted by molar-refractivity contribution is 5.46. The van der Waals surface area contributed by atoms with Gasteiger partial charge in [-0.2, -0.15) is 0 Å². The molecule has 94 valence electrons. The molecule has 2 rings (SSSR count). The summed E-state index contributed by atoms with van der Waals surface area (Å²) in [7, 11) is 0. The van der Waals surface area contributed by atoms with Crippen molar-refractivity contribution in [3.05, 3.63) is 53.7 Å². The number of nitrogens with zero attached hydrogens (tertiary/aromatic N) is 1. The van der Waals surface area contributed by atoms with E-state index in [0.29, 0.717) is 18.2 Å². The number of pyridine rings is 1. The highest BCUT2D eigenvalue weighted by Gasteiger charge is 2.01. The van der Waals surface area contributed by atoms with Gasteiger partial charge in [-0.15, -0.1) is 0 Å². The topological polar surface area (TPSA) is 48.1 Å². The predicted octanol–water partition coefficient (Wildman–Crippen LogP) is 2.98. The van der Waals surface area contributed by atoms with Gasteiger partial charge in [0, 0.05) is 5.69 Å². The lowest BCUT2D eigenvalue weighted by atomic mass is 10.1. The Labute approximate surface area is 108 Å². The Morgan fingerprint density at radius 2 is 1.89 bits per heavy atom. The zero-order valence-corrected chi connectivity index (χ0v) is 10.6. The van der Waals surface area contributed by atoms with Crippen LogP contribution >= 0.6 is 0 Å². The number of aryl methyl sites for hydroxylation is 2. The molecule has 1 aromatic heterocycles. The molecule has 2 N–H and O–H groups in total. The molecule has 0 atom stereocenters. The summed E-state index contributed by atoms with van der Waals surface area (Å²) in [5.41, 5.74) is 8.01. The molecule has 0 aliphatic carbocycles.